The summed E-state index contributed by atoms with van der Waals surface area (Å²) in [4.78, 5) is 28.8. The summed E-state index contributed by atoms with van der Waals surface area (Å²) in [5, 5.41) is 16.0. The Bertz CT molecular complexity index is 487. The molecule has 0 radical (unpaired) electrons. The van der Waals surface area contributed by atoms with E-state index in [1.54, 1.807) is 18.1 Å². The first-order valence-corrected chi connectivity index (χ1v) is 6.69. The van der Waals surface area contributed by atoms with Gasteiger partial charge in [0.2, 0.25) is 0 Å². The average molecular weight is 281 g/mol. The Morgan fingerprint density at radius 1 is 1.45 bits per heavy atom. The molecule has 8 nitrogen and oxygen atoms in total. The van der Waals surface area contributed by atoms with Gasteiger partial charge in [-0.2, -0.15) is 5.10 Å². The summed E-state index contributed by atoms with van der Waals surface area (Å²) in [6.07, 6.45) is 4.68. The number of hydrogen-bond acceptors (Lipinski definition) is 4. The van der Waals surface area contributed by atoms with Crippen LogP contribution in [0, 0.1) is 0 Å². The van der Waals surface area contributed by atoms with E-state index in [2.05, 4.69) is 15.4 Å². The number of aryl methyl sites for hydroxylation is 1. The maximum Gasteiger partial charge on any atom is 0.326 e. The summed E-state index contributed by atoms with van der Waals surface area (Å²) >= 11 is 0. The van der Waals surface area contributed by atoms with Crippen molar-refractivity contribution in [2.24, 2.45) is 7.05 Å². The van der Waals surface area contributed by atoms with Crippen LogP contribution in [0.5, 0.6) is 0 Å². The Kier molecular flexibility index (Phi) is 4.54. The zero-order valence-corrected chi connectivity index (χ0v) is 11.4. The number of nitrogens with zero attached hydrogens (tertiary/aromatic N) is 4. The van der Waals surface area contributed by atoms with Crippen LogP contribution in [-0.2, 0) is 18.4 Å². The predicted octanol–water partition coefficient (Wildman–Crippen LogP) is 0.354. The molecule has 2 rings (SSSR count). The van der Waals surface area contributed by atoms with Crippen LogP contribution in [0.15, 0.2) is 6.33 Å². The van der Waals surface area contributed by atoms with Crippen molar-refractivity contribution in [2.75, 3.05) is 6.54 Å². The molecular weight excluding hydrogens is 262 g/mol. The Labute approximate surface area is 116 Å². The van der Waals surface area contributed by atoms with Crippen LogP contribution in [0.2, 0.25) is 0 Å². The van der Waals surface area contributed by atoms with Crippen LogP contribution in [0.25, 0.3) is 0 Å². The van der Waals surface area contributed by atoms with E-state index in [1.165, 1.54) is 4.90 Å². The third-order valence-electron chi connectivity index (χ3n) is 3.34. The van der Waals surface area contributed by atoms with Gasteiger partial charge in [0, 0.05) is 13.6 Å². The fourth-order valence-corrected chi connectivity index (χ4v) is 2.33. The molecule has 0 spiro atoms. The zero-order chi connectivity index (χ0) is 14.5. The fourth-order valence-electron chi connectivity index (χ4n) is 2.33. The highest BCUT2D eigenvalue weighted by Crippen LogP contribution is 2.17. The quantitative estimate of drug-likeness (QED) is 0.833. The minimum atomic E-state index is -0.946. The molecule has 8 heteroatoms. The molecule has 1 fully saturated rings. The topological polar surface area (TPSA) is 100 Å². The third-order valence-corrected chi connectivity index (χ3v) is 3.34. The van der Waals surface area contributed by atoms with Gasteiger partial charge in [-0.1, -0.05) is 12.8 Å². The number of aliphatic carboxylic acids is 1. The summed E-state index contributed by atoms with van der Waals surface area (Å²) in [7, 11) is 1.74. The van der Waals surface area contributed by atoms with E-state index < -0.39 is 12.0 Å². The number of likely N-dealkylation sites (tertiary alicyclic amines) is 1. The van der Waals surface area contributed by atoms with Gasteiger partial charge in [0.25, 0.3) is 0 Å². The molecule has 1 unspecified atom stereocenters. The molecule has 1 aliphatic rings. The van der Waals surface area contributed by atoms with Crippen LogP contribution in [-0.4, -0.2) is 49.4 Å². The first kappa shape index (κ1) is 14.3. The van der Waals surface area contributed by atoms with E-state index >= 15 is 0 Å². The summed E-state index contributed by atoms with van der Waals surface area (Å²) < 4.78 is 1.55. The Morgan fingerprint density at radius 2 is 2.25 bits per heavy atom. The average Bonchev–Trinajstić information content (AvgIpc) is 2.68. The van der Waals surface area contributed by atoms with E-state index in [0.29, 0.717) is 18.8 Å². The first-order chi connectivity index (χ1) is 9.58. The molecule has 0 bridgehead atoms. The minimum Gasteiger partial charge on any atom is -0.480 e. The lowest BCUT2D eigenvalue weighted by atomic mass is 10.1. The number of urea groups is 1. The zero-order valence-electron chi connectivity index (χ0n) is 11.4. The van der Waals surface area contributed by atoms with Crippen LogP contribution in [0.4, 0.5) is 4.79 Å². The number of carboxylic acid groups (broad SMARTS) is 1. The van der Waals surface area contributed by atoms with Crippen molar-refractivity contribution in [3.63, 3.8) is 0 Å². The molecule has 1 aromatic rings. The molecule has 1 saturated heterocycles. The SMILES string of the molecule is Cn1cnc(CNC(=O)N2CCCCCC2C(=O)O)n1. The first-order valence-electron chi connectivity index (χ1n) is 6.69. The van der Waals surface area contributed by atoms with Gasteiger partial charge in [0.1, 0.15) is 12.4 Å². The standard InChI is InChI=1S/C12H19N5O3/c1-16-8-14-10(15-16)7-13-12(20)17-6-4-2-3-5-9(17)11(18)19/h8-9H,2-7H2,1H3,(H,13,20)(H,18,19). The number of carbonyl (C=O) groups is 2. The lowest BCUT2D eigenvalue weighted by Gasteiger charge is -2.26. The van der Waals surface area contributed by atoms with Crippen LogP contribution in [0.1, 0.15) is 31.5 Å². The largest absolute Gasteiger partial charge is 0.480 e. The van der Waals surface area contributed by atoms with Crippen molar-refractivity contribution in [1.82, 2.24) is 25.0 Å². The molecule has 1 atom stereocenters. The molecule has 0 saturated carbocycles. The van der Waals surface area contributed by atoms with Crippen molar-refractivity contribution in [3.05, 3.63) is 12.2 Å². The van der Waals surface area contributed by atoms with Crippen molar-refractivity contribution < 1.29 is 14.7 Å². The highest BCUT2D eigenvalue weighted by molar-refractivity contribution is 5.82. The minimum absolute atomic E-state index is 0.197. The van der Waals surface area contributed by atoms with Gasteiger partial charge in [-0.25, -0.2) is 14.6 Å². The highest BCUT2D eigenvalue weighted by Gasteiger charge is 2.30. The van der Waals surface area contributed by atoms with Gasteiger partial charge in [-0.15, -0.1) is 0 Å². The van der Waals surface area contributed by atoms with Crippen molar-refractivity contribution in [3.8, 4) is 0 Å². The number of carbonyl (C=O) groups excluding carboxylic acids is 1. The molecule has 0 aromatic carbocycles. The molecule has 1 aromatic heterocycles. The fraction of sp³-hybridized carbons (Fsp3) is 0.667. The van der Waals surface area contributed by atoms with Gasteiger partial charge in [0.15, 0.2) is 5.82 Å². The lowest BCUT2D eigenvalue weighted by Crippen LogP contribution is -2.49. The summed E-state index contributed by atoms with van der Waals surface area (Å²) in [6, 6.07) is -1.11. The maximum absolute atomic E-state index is 12.1. The van der Waals surface area contributed by atoms with E-state index in [4.69, 9.17) is 0 Å². The molecule has 110 valence electrons. The maximum atomic E-state index is 12.1. The highest BCUT2D eigenvalue weighted by atomic mass is 16.4. The van der Waals surface area contributed by atoms with Gasteiger partial charge in [-0.3, -0.25) is 4.68 Å². The van der Waals surface area contributed by atoms with Crippen LogP contribution in [0.3, 0.4) is 0 Å². The van der Waals surface area contributed by atoms with E-state index in [0.717, 1.165) is 19.3 Å². The van der Waals surface area contributed by atoms with E-state index in [1.807, 2.05) is 0 Å². The Hall–Kier alpha value is -2.12. The summed E-state index contributed by atoms with van der Waals surface area (Å²) in [5.41, 5.74) is 0. The van der Waals surface area contributed by atoms with Crippen LogP contribution < -0.4 is 5.32 Å². The second-order valence-corrected chi connectivity index (χ2v) is 4.89. The summed E-state index contributed by atoms with van der Waals surface area (Å²) in [5.74, 6) is -0.444. The number of amides is 2. The van der Waals surface area contributed by atoms with Crippen molar-refractivity contribution in [1.29, 1.82) is 0 Å². The summed E-state index contributed by atoms with van der Waals surface area (Å²) in [6.45, 7) is 0.668. The molecule has 2 N–H and O–H groups in total. The van der Waals surface area contributed by atoms with Crippen LogP contribution >= 0.6 is 0 Å². The van der Waals surface area contributed by atoms with Crippen molar-refractivity contribution in [2.45, 2.75) is 38.3 Å². The number of carboxylic acids is 1. The second-order valence-electron chi connectivity index (χ2n) is 4.89. The molecule has 2 heterocycles. The number of rotatable bonds is 3. The molecule has 20 heavy (non-hydrogen) atoms. The number of hydrogen-bond donors (Lipinski definition) is 2. The molecular formula is C12H19N5O3. The van der Waals surface area contributed by atoms with Gasteiger partial charge >= 0.3 is 12.0 Å². The normalized spacial score (nSPS) is 19.4. The Balaban J connectivity index is 1.96. The van der Waals surface area contributed by atoms with Gasteiger partial charge in [-0.05, 0) is 12.8 Å². The number of nitrogens with one attached hydrogen (secondary N) is 1. The predicted molar refractivity (Wildman–Crippen MR) is 69.8 cm³/mol. The van der Waals surface area contributed by atoms with Crippen molar-refractivity contribution >= 4 is 12.0 Å². The second kappa shape index (κ2) is 6.36. The van der Waals surface area contributed by atoms with Gasteiger partial charge < -0.3 is 15.3 Å². The molecule has 1 aliphatic heterocycles. The smallest absolute Gasteiger partial charge is 0.326 e. The molecule has 2 amide bonds. The Morgan fingerprint density at radius 3 is 2.90 bits per heavy atom. The van der Waals surface area contributed by atoms with E-state index in [9.17, 15) is 14.7 Å². The van der Waals surface area contributed by atoms with Gasteiger partial charge in [0.05, 0.1) is 6.54 Å². The van der Waals surface area contributed by atoms with E-state index in [-0.39, 0.29) is 12.6 Å². The monoisotopic (exact) mass is 281 g/mol. The third kappa shape index (κ3) is 3.46. The lowest BCUT2D eigenvalue weighted by molar-refractivity contribution is -0.142. The molecule has 0 aliphatic carbocycles. The number of aromatic nitrogens is 3.